The molecule has 4 nitrogen and oxygen atoms in total. The number of nitrogens with zero attached hydrogens (tertiary/aromatic N) is 2. The van der Waals surface area contributed by atoms with E-state index in [2.05, 4.69) is 16.0 Å². The SMILES string of the molecule is C[C@H](N)c1ccc(N2CCC(C)(O)CC2)cn1. The van der Waals surface area contributed by atoms with Crippen molar-refractivity contribution in [2.24, 2.45) is 5.73 Å². The van der Waals surface area contributed by atoms with Crippen LogP contribution in [-0.2, 0) is 0 Å². The molecule has 4 heteroatoms. The van der Waals surface area contributed by atoms with Crippen LogP contribution in [0.4, 0.5) is 5.69 Å². The summed E-state index contributed by atoms with van der Waals surface area (Å²) in [6.45, 7) is 5.60. The Hall–Kier alpha value is -1.13. The summed E-state index contributed by atoms with van der Waals surface area (Å²) in [4.78, 5) is 6.62. The van der Waals surface area contributed by atoms with E-state index < -0.39 is 5.60 Å². The Morgan fingerprint density at radius 2 is 2.06 bits per heavy atom. The molecule has 0 amide bonds. The van der Waals surface area contributed by atoms with Gasteiger partial charge in [-0.15, -0.1) is 0 Å². The van der Waals surface area contributed by atoms with Gasteiger partial charge in [0.25, 0.3) is 0 Å². The van der Waals surface area contributed by atoms with Crippen molar-refractivity contribution in [3.8, 4) is 0 Å². The Morgan fingerprint density at radius 3 is 2.53 bits per heavy atom. The predicted octanol–water partition coefficient (Wildman–Crippen LogP) is 1.45. The van der Waals surface area contributed by atoms with Crippen LogP contribution in [0.5, 0.6) is 0 Å². The smallest absolute Gasteiger partial charge is 0.0653 e. The van der Waals surface area contributed by atoms with E-state index in [0.717, 1.165) is 37.3 Å². The molecule has 1 aliphatic rings. The summed E-state index contributed by atoms with van der Waals surface area (Å²) in [7, 11) is 0. The van der Waals surface area contributed by atoms with Gasteiger partial charge in [-0.3, -0.25) is 4.98 Å². The van der Waals surface area contributed by atoms with Crippen LogP contribution in [0.2, 0.25) is 0 Å². The maximum Gasteiger partial charge on any atom is 0.0653 e. The fourth-order valence-electron chi connectivity index (χ4n) is 2.10. The average Bonchev–Trinajstić information content (AvgIpc) is 2.29. The molecule has 17 heavy (non-hydrogen) atoms. The topological polar surface area (TPSA) is 62.4 Å². The molecular formula is C13H21N3O. The molecule has 94 valence electrons. The molecule has 0 bridgehead atoms. The summed E-state index contributed by atoms with van der Waals surface area (Å²) in [5, 5.41) is 9.90. The third kappa shape index (κ3) is 2.96. The van der Waals surface area contributed by atoms with Crippen molar-refractivity contribution in [2.75, 3.05) is 18.0 Å². The average molecular weight is 235 g/mol. The van der Waals surface area contributed by atoms with Gasteiger partial charge in [0.15, 0.2) is 0 Å². The Balaban J connectivity index is 2.04. The Labute approximate surface area is 102 Å². The van der Waals surface area contributed by atoms with Gasteiger partial charge in [-0.1, -0.05) is 0 Å². The number of aromatic nitrogens is 1. The first kappa shape index (κ1) is 12.3. The molecule has 0 unspecified atom stereocenters. The van der Waals surface area contributed by atoms with Crippen LogP contribution in [0.3, 0.4) is 0 Å². The zero-order valence-electron chi connectivity index (χ0n) is 10.6. The lowest BCUT2D eigenvalue weighted by atomic mass is 9.93. The standard InChI is InChI=1S/C13H21N3O/c1-10(14)12-4-3-11(9-15-12)16-7-5-13(2,17)6-8-16/h3-4,9-10,17H,5-8,14H2,1-2H3/t10-/m0/s1. The minimum Gasteiger partial charge on any atom is -0.390 e. The summed E-state index contributed by atoms with van der Waals surface area (Å²) >= 11 is 0. The van der Waals surface area contributed by atoms with Crippen molar-refractivity contribution < 1.29 is 5.11 Å². The first-order chi connectivity index (χ1) is 7.98. The molecule has 0 saturated carbocycles. The zero-order chi connectivity index (χ0) is 12.5. The summed E-state index contributed by atoms with van der Waals surface area (Å²) < 4.78 is 0. The van der Waals surface area contributed by atoms with Crippen LogP contribution in [0.25, 0.3) is 0 Å². The molecule has 1 aliphatic heterocycles. The molecule has 0 spiro atoms. The lowest BCUT2D eigenvalue weighted by molar-refractivity contribution is 0.0351. The monoisotopic (exact) mass is 235 g/mol. The number of pyridine rings is 1. The summed E-state index contributed by atoms with van der Waals surface area (Å²) in [5.41, 5.74) is 7.29. The zero-order valence-corrected chi connectivity index (χ0v) is 10.6. The lowest BCUT2D eigenvalue weighted by Crippen LogP contribution is -2.42. The van der Waals surface area contributed by atoms with E-state index in [0.29, 0.717) is 0 Å². The minimum absolute atomic E-state index is 0.0221. The van der Waals surface area contributed by atoms with E-state index >= 15 is 0 Å². The molecule has 0 aliphatic carbocycles. The summed E-state index contributed by atoms with van der Waals surface area (Å²) in [6.07, 6.45) is 3.49. The Morgan fingerprint density at radius 1 is 1.41 bits per heavy atom. The van der Waals surface area contributed by atoms with Crippen molar-refractivity contribution in [3.05, 3.63) is 24.0 Å². The maximum absolute atomic E-state index is 9.90. The van der Waals surface area contributed by atoms with Crippen LogP contribution >= 0.6 is 0 Å². The van der Waals surface area contributed by atoms with Gasteiger partial charge in [0.1, 0.15) is 0 Å². The number of rotatable bonds is 2. The second kappa shape index (κ2) is 4.63. The summed E-state index contributed by atoms with van der Waals surface area (Å²) in [6, 6.07) is 4.02. The third-order valence-corrected chi connectivity index (χ3v) is 3.44. The van der Waals surface area contributed by atoms with E-state index in [1.807, 2.05) is 26.1 Å². The Kier molecular flexibility index (Phi) is 3.35. The van der Waals surface area contributed by atoms with Gasteiger partial charge in [-0.2, -0.15) is 0 Å². The first-order valence-corrected chi connectivity index (χ1v) is 6.17. The van der Waals surface area contributed by atoms with E-state index in [1.165, 1.54) is 0 Å². The molecular weight excluding hydrogens is 214 g/mol. The molecule has 2 rings (SSSR count). The quantitative estimate of drug-likeness (QED) is 0.814. The van der Waals surface area contributed by atoms with Gasteiger partial charge in [0.05, 0.1) is 23.2 Å². The van der Waals surface area contributed by atoms with Crippen molar-refractivity contribution in [2.45, 2.75) is 38.3 Å². The van der Waals surface area contributed by atoms with Gasteiger partial charge >= 0.3 is 0 Å². The van der Waals surface area contributed by atoms with Crippen molar-refractivity contribution in [3.63, 3.8) is 0 Å². The lowest BCUT2D eigenvalue weighted by Gasteiger charge is -2.37. The number of hydrogen-bond acceptors (Lipinski definition) is 4. The second-order valence-corrected chi connectivity index (χ2v) is 5.21. The second-order valence-electron chi connectivity index (χ2n) is 5.21. The highest BCUT2D eigenvalue weighted by molar-refractivity contribution is 5.45. The van der Waals surface area contributed by atoms with Gasteiger partial charge in [0, 0.05) is 19.1 Å². The number of anilines is 1. The number of nitrogens with two attached hydrogens (primary N) is 1. The molecule has 0 radical (unpaired) electrons. The normalized spacial score (nSPS) is 21.3. The molecule has 1 fully saturated rings. The highest BCUT2D eigenvalue weighted by atomic mass is 16.3. The van der Waals surface area contributed by atoms with E-state index in [-0.39, 0.29) is 6.04 Å². The minimum atomic E-state index is -0.504. The molecule has 1 atom stereocenters. The van der Waals surface area contributed by atoms with Crippen molar-refractivity contribution in [1.29, 1.82) is 0 Å². The highest BCUT2D eigenvalue weighted by Crippen LogP contribution is 2.25. The summed E-state index contributed by atoms with van der Waals surface area (Å²) in [5.74, 6) is 0. The van der Waals surface area contributed by atoms with Gasteiger partial charge in [0.2, 0.25) is 0 Å². The van der Waals surface area contributed by atoms with Crippen LogP contribution in [-0.4, -0.2) is 28.8 Å². The molecule has 1 aromatic heterocycles. The van der Waals surface area contributed by atoms with Crippen LogP contribution in [0, 0.1) is 0 Å². The van der Waals surface area contributed by atoms with Crippen LogP contribution < -0.4 is 10.6 Å². The molecule has 1 aromatic rings. The number of aliphatic hydroxyl groups is 1. The van der Waals surface area contributed by atoms with Crippen molar-refractivity contribution >= 4 is 5.69 Å². The fourth-order valence-corrected chi connectivity index (χ4v) is 2.10. The van der Waals surface area contributed by atoms with Gasteiger partial charge < -0.3 is 15.7 Å². The van der Waals surface area contributed by atoms with Crippen LogP contribution in [0.1, 0.15) is 38.4 Å². The molecule has 3 N–H and O–H groups in total. The van der Waals surface area contributed by atoms with E-state index in [1.54, 1.807) is 0 Å². The fraction of sp³-hybridized carbons (Fsp3) is 0.615. The highest BCUT2D eigenvalue weighted by Gasteiger charge is 2.27. The number of piperidine rings is 1. The van der Waals surface area contributed by atoms with Crippen molar-refractivity contribution in [1.82, 2.24) is 4.98 Å². The maximum atomic E-state index is 9.90. The third-order valence-electron chi connectivity index (χ3n) is 3.44. The first-order valence-electron chi connectivity index (χ1n) is 6.17. The molecule has 1 saturated heterocycles. The van der Waals surface area contributed by atoms with E-state index in [9.17, 15) is 5.11 Å². The predicted molar refractivity (Wildman–Crippen MR) is 68.9 cm³/mol. The van der Waals surface area contributed by atoms with E-state index in [4.69, 9.17) is 5.73 Å². The Bertz CT molecular complexity index is 363. The number of hydrogen-bond donors (Lipinski definition) is 2. The molecule has 0 aromatic carbocycles. The van der Waals surface area contributed by atoms with Crippen LogP contribution in [0.15, 0.2) is 18.3 Å². The van der Waals surface area contributed by atoms with Gasteiger partial charge in [-0.25, -0.2) is 0 Å². The van der Waals surface area contributed by atoms with Gasteiger partial charge in [-0.05, 0) is 38.8 Å². The largest absolute Gasteiger partial charge is 0.390 e. The molecule has 2 heterocycles.